The molecule has 0 spiro atoms. The van der Waals surface area contributed by atoms with Gasteiger partial charge in [0.2, 0.25) is 10.0 Å². The lowest BCUT2D eigenvalue weighted by molar-refractivity contribution is 0.0836. The van der Waals surface area contributed by atoms with Gasteiger partial charge in [0.05, 0.1) is 11.5 Å². The maximum atomic E-state index is 13.8. The third-order valence-electron chi connectivity index (χ3n) is 5.41. The summed E-state index contributed by atoms with van der Waals surface area (Å²) in [5, 5.41) is 0. The van der Waals surface area contributed by atoms with Gasteiger partial charge >= 0.3 is 0 Å². The number of ether oxygens (including phenoxy) is 1. The molecule has 1 saturated heterocycles. The van der Waals surface area contributed by atoms with Crippen molar-refractivity contribution in [2.24, 2.45) is 5.92 Å². The lowest BCUT2D eigenvalue weighted by Crippen LogP contribution is -2.41. The fraction of sp³-hybridized carbons (Fsp3) is 0.478. The fourth-order valence-electron chi connectivity index (χ4n) is 3.75. The molecule has 0 bridgehead atoms. The predicted molar refractivity (Wildman–Crippen MR) is 118 cm³/mol. The SMILES string of the molecule is CNS(=O)(=O)c1ccc(-c2ccc(OCC3CCN(CC(C)(C)F)CC3)cc2)cc1. The standard InChI is InChI=1S/C23H31FN2O3S/c1-23(2,24)17-26-14-12-18(13-15-26)16-29-21-8-4-19(5-9-21)20-6-10-22(11-7-20)30(27,28)25-3/h4-11,18,25H,12-17H2,1-3H3. The third-order valence-corrected chi connectivity index (χ3v) is 6.84. The summed E-state index contributed by atoms with van der Waals surface area (Å²) < 4.78 is 45.7. The van der Waals surface area contributed by atoms with Crippen LogP contribution in [0.15, 0.2) is 53.4 Å². The summed E-state index contributed by atoms with van der Waals surface area (Å²) in [6.45, 7) is 6.25. The first-order valence-electron chi connectivity index (χ1n) is 10.3. The monoisotopic (exact) mass is 434 g/mol. The maximum Gasteiger partial charge on any atom is 0.240 e. The second-order valence-electron chi connectivity index (χ2n) is 8.51. The summed E-state index contributed by atoms with van der Waals surface area (Å²) in [4.78, 5) is 2.44. The van der Waals surface area contributed by atoms with Crippen molar-refractivity contribution >= 4 is 10.0 Å². The summed E-state index contributed by atoms with van der Waals surface area (Å²) in [5.74, 6) is 1.31. The molecule has 0 aromatic heterocycles. The Labute approximate surface area is 179 Å². The fourth-order valence-corrected chi connectivity index (χ4v) is 4.48. The smallest absolute Gasteiger partial charge is 0.240 e. The number of piperidine rings is 1. The molecule has 2 aromatic carbocycles. The molecule has 164 valence electrons. The van der Waals surface area contributed by atoms with E-state index < -0.39 is 15.7 Å². The van der Waals surface area contributed by atoms with Gasteiger partial charge in [-0.1, -0.05) is 24.3 Å². The summed E-state index contributed by atoms with van der Waals surface area (Å²) in [6, 6.07) is 14.6. The first kappa shape index (κ1) is 22.7. The van der Waals surface area contributed by atoms with E-state index in [0.29, 0.717) is 19.1 Å². The molecule has 5 nitrogen and oxygen atoms in total. The van der Waals surface area contributed by atoms with Gasteiger partial charge in [0.15, 0.2) is 0 Å². The number of rotatable bonds is 8. The summed E-state index contributed by atoms with van der Waals surface area (Å²) in [7, 11) is -2.03. The van der Waals surface area contributed by atoms with E-state index in [9.17, 15) is 12.8 Å². The van der Waals surface area contributed by atoms with Crippen LogP contribution in [0, 0.1) is 5.92 Å². The zero-order valence-electron chi connectivity index (χ0n) is 17.9. The van der Waals surface area contributed by atoms with Crippen molar-refractivity contribution in [3.63, 3.8) is 0 Å². The van der Waals surface area contributed by atoms with Crippen molar-refractivity contribution in [3.05, 3.63) is 48.5 Å². The Morgan fingerprint density at radius 1 is 1.03 bits per heavy atom. The zero-order chi connectivity index (χ0) is 21.8. The lowest BCUT2D eigenvalue weighted by atomic mass is 9.97. The number of nitrogens with one attached hydrogen (secondary N) is 1. The van der Waals surface area contributed by atoms with Gasteiger partial charge in [0, 0.05) is 6.54 Å². The van der Waals surface area contributed by atoms with E-state index in [-0.39, 0.29) is 4.90 Å². The Kier molecular flexibility index (Phi) is 7.16. The molecule has 0 radical (unpaired) electrons. The molecule has 0 amide bonds. The van der Waals surface area contributed by atoms with Crippen LogP contribution >= 0.6 is 0 Å². The Hall–Kier alpha value is -1.96. The van der Waals surface area contributed by atoms with E-state index >= 15 is 0 Å². The number of halogens is 1. The zero-order valence-corrected chi connectivity index (χ0v) is 18.7. The Morgan fingerprint density at radius 3 is 2.07 bits per heavy atom. The topological polar surface area (TPSA) is 58.6 Å². The summed E-state index contributed by atoms with van der Waals surface area (Å²) >= 11 is 0. The number of hydrogen-bond acceptors (Lipinski definition) is 4. The molecular weight excluding hydrogens is 403 g/mol. The third kappa shape index (κ3) is 6.27. The Bertz CT molecular complexity index is 914. The Balaban J connectivity index is 1.51. The average Bonchev–Trinajstić information content (AvgIpc) is 2.73. The van der Waals surface area contributed by atoms with Gasteiger partial charge in [-0.15, -0.1) is 0 Å². The molecular formula is C23H31FN2O3S. The van der Waals surface area contributed by atoms with Gasteiger partial charge in [-0.2, -0.15) is 0 Å². The predicted octanol–water partition coefficient (Wildman–Crippen LogP) is 4.10. The first-order valence-corrected chi connectivity index (χ1v) is 11.8. The Morgan fingerprint density at radius 2 is 1.57 bits per heavy atom. The van der Waals surface area contributed by atoms with Crippen LogP contribution in [0.4, 0.5) is 4.39 Å². The highest BCUT2D eigenvalue weighted by atomic mass is 32.2. The van der Waals surface area contributed by atoms with Crippen LogP contribution in [-0.4, -0.2) is 52.3 Å². The first-order chi connectivity index (χ1) is 14.2. The van der Waals surface area contributed by atoms with Crippen molar-refractivity contribution in [1.29, 1.82) is 0 Å². The van der Waals surface area contributed by atoms with Gasteiger partial charge in [-0.25, -0.2) is 17.5 Å². The minimum atomic E-state index is -3.43. The van der Waals surface area contributed by atoms with Crippen LogP contribution in [0.2, 0.25) is 0 Å². The van der Waals surface area contributed by atoms with E-state index in [1.54, 1.807) is 38.1 Å². The quantitative estimate of drug-likeness (QED) is 0.680. The highest BCUT2D eigenvalue weighted by Crippen LogP contribution is 2.25. The summed E-state index contributed by atoms with van der Waals surface area (Å²) in [6.07, 6.45) is 2.05. The number of benzene rings is 2. The molecule has 0 unspecified atom stereocenters. The highest BCUT2D eigenvalue weighted by Gasteiger charge is 2.25. The molecule has 3 rings (SSSR count). The second-order valence-corrected chi connectivity index (χ2v) is 10.4. The summed E-state index contributed by atoms with van der Waals surface area (Å²) in [5.41, 5.74) is 0.796. The van der Waals surface area contributed by atoms with Crippen LogP contribution in [-0.2, 0) is 10.0 Å². The molecule has 1 aliphatic rings. The highest BCUT2D eigenvalue weighted by molar-refractivity contribution is 7.89. The molecule has 0 atom stereocenters. The van der Waals surface area contributed by atoms with E-state index in [2.05, 4.69) is 9.62 Å². The molecule has 2 aromatic rings. The molecule has 1 heterocycles. The molecule has 1 aliphatic heterocycles. The van der Waals surface area contributed by atoms with Crippen molar-refractivity contribution in [2.45, 2.75) is 37.3 Å². The maximum absolute atomic E-state index is 13.8. The van der Waals surface area contributed by atoms with Gasteiger partial charge < -0.3 is 9.64 Å². The van der Waals surface area contributed by atoms with Crippen molar-refractivity contribution in [3.8, 4) is 16.9 Å². The van der Waals surface area contributed by atoms with Gasteiger partial charge in [-0.05, 0) is 88.1 Å². The van der Waals surface area contributed by atoms with Crippen LogP contribution < -0.4 is 9.46 Å². The average molecular weight is 435 g/mol. The van der Waals surface area contributed by atoms with Crippen LogP contribution in [0.3, 0.4) is 0 Å². The van der Waals surface area contributed by atoms with Crippen molar-refractivity contribution in [2.75, 3.05) is 33.3 Å². The van der Waals surface area contributed by atoms with Crippen molar-refractivity contribution < 1.29 is 17.5 Å². The van der Waals surface area contributed by atoms with Crippen LogP contribution in [0.1, 0.15) is 26.7 Å². The van der Waals surface area contributed by atoms with Gasteiger partial charge in [-0.3, -0.25) is 0 Å². The molecule has 7 heteroatoms. The largest absolute Gasteiger partial charge is 0.493 e. The molecule has 0 aliphatic carbocycles. The minimum Gasteiger partial charge on any atom is -0.493 e. The molecule has 0 saturated carbocycles. The van der Waals surface area contributed by atoms with Crippen LogP contribution in [0.5, 0.6) is 5.75 Å². The second kappa shape index (κ2) is 9.45. The lowest BCUT2D eigenvalue weighted by Gasteiger charge is -2.34. The number of likely N-dealkylation sites (tertiary alicyclic amines) is 1. The van der Waals surface area contributed by atoms with Crippen molar-refractivity contribution in [1.82, 2.24) is 9.62 Å². The van der Waals surface area contributed by atoms with Gasteiger partial charge in [0.25, 0.3) is 0 Å². The number of sulfonamides is 1. The molecule has 1 fully saturated rings. The number of hydrogen-bond donors (Lipinski definition) is 1. The van der Waals surface area contributed by atoms with Crippen LogP contribution in [0.25, 0.3) is 11.1 Å². The molecule has 30 heavy (non-hydrogen) atoms. The van der Waals surface area contributed by atoms with E-state index in [0.717, 1.165) is 42.8 Å². The van der Waals surface area contributed by atoms with E-state index in [4.69, 9.17) is 4.74 Å². The molecule has 1 N–H and O–H groups in total. The normalized spacial score (nSPS) is 16.5. The van der Waals surface area contributed by atoms with E-state index in [1.807, 2.05) is 24.3 Å². The van der Waals surface area contributed by atoms with E-state index in [1.165, 1.54) is 7.05 Å². The van der Waals surface area contributed by atoms with Gasteiger partial charge in [0.1, 0.15) is 11.4 Å². The number of alkyl halides is 1. The number of nitrogens with zero attached hydrogens (tertiary/aromatic N) is 1. The minimum absolute atomic E-state index is 0.245.